The molecule has 0 spiro atoms. The molecule has 192 valence electrons. The molecule has 1 aliphatic rings. The van der Waals surface area contributed by atoms with Gasteiger partial charge >= 0.3 is 6.18 Å². The van der Waals surface area contributed by atoms with E-state index in [1.165, 1.54) is 34.9 Å². The Morgan fingerprint density at radius 1 is 1.00 bits per heavy atom. The number of nitrogens with zero attached hydrogens (tertiary/aromatic N) is 5. The molecule has 3 heterocycles. The minimum absolute atomic E-state index is 0.178. The minimum atomic E-state index is -4.51. The number of hydrogen-bond donors (Lipinski definition) is 3. The van der Waals surface area contributed by atoms with E-state index in [4.69, 9.17) is 0 Å². The minimum Gasteiger partial charge on any atom is -0.324 e. The first-order valence-corrected chi connectivity index (χ1v) is 12.6. The van der Waals surface area contributed by atoms with E-state index in [-0.39, 0.29) is 21.9 Å². The second kappa shape index (κ2) is 9.88. The second-order valence-corrected chi connectivity index (χ2v) is 10.2. The molecule has 0 bridgehead atoms. The molecule has 0 atom stereocenters. The van der Waals surface area contributed by atoms with Crippen LogP contribution >= 0.6 is 0 Å². The van der Waals surface area contributed by atoms with Crippen molar-refractivity contribution in [3.63, 3.8) is 0 Å². The lowest BCUT2D eigenvalue weighted by atomic mass is 10.1. The summed E-state index contributed by atoms with van der Waals surface area (Å²) in [5, 5.41) is 16.0. The normalized spacial score (nSPS) is 15.4. The molecule has 0 aliphatic carbocycles. The maximum atomic E-state index is 13.2. The van der Waals surface area contributed by atoms with Crippen LogP contribution in [0.2, 0.25) is 0 Å². The Hall–Kier alpha value is -3.88. The van der Waals surface area contributed by atoms with Crippen molar-refractivity contribution in [3.05, 3.63) is 65.5 Å². The van der Waals surface area contributed by atoms with Crippen LogP contribution in [0.4, 0.5) is 24.8 Å². The van der Waals surface area contributed by atoms with E-state index in [0.29, 0.717) is 42.9 Å². The van der Waals surface area contributed by atoms with Crippen molar-refractivity contribution >= 4 is 44.8 Å². The Kier molecular flexibility index (Phi) is 6.62. The van der Waals surface area contributed by atoms with Gasteiger partial charge in [0.05, 0.1) is 16.0 Å². The number of H-pyrrole nitrogens is 1. The molecule has 0 amide bonds. The van der Waals surface area contributed by atoms with Crippen molar-refractivity contribution in [1.82, 2.24) is 35.0 Å². The van der Waals surface area contributed by atoms with E-state index in [0.717, 1.165) is 12.1 Å². The van der Waals surface area contributed by atoms with Crippen LogP contribution in [0, 0.1) is 0 Å². The van der Waals surface area contributed by atoms with Gasteiger partial charge in [-0.25, -0.2) is 18.4 Å². The highest BCUT2D eigenvalue weighted by Crippen LogP contribution is 2.33. The zero-order valence-corrected chi connectivity index (χ0v) is 20.0. The summed E-state index contributed by atoms with van der Waals surface area (Å²) in [7, 11) is -3.55. The third-order valence-corrected chi connectivity index (χ3v) is 7.65. The number of piperazine rings is 1. The van der Waals surface area contributed by atoms with Gasteiger partial charge < -0.3 is 10.6 Å². The van der Waals surface area contributed by atoms with E-state index >= 15 is 0 Å². The number of alkyl halides is 3. The first kappa shape index (κ1) is 24.8. The average molecular weight is 531 g/mol. The number of halogens is 3. The summed E-state index contributed by atoms with van der Waals surface area (Å²) in [4.78, 5) is 8.64. The molecule has 3 N–H and O–H groups in total. The molecule has 5 rings (SSSR count). The summed E-state index contributed by atoms with van der Waals surface area (Å²) in [6, 6.07) is 8.27. The predicted octanol–water partition coefficient (Wildman–Crippen LogP) is 3.27. The van der Waals surface area contributed by atoms with Crippen LogP contribution in [0.25, 0.3) is 23.2 Å². The number of hydrogen-bond acceptors (Lipinski definition) is 8. The van der Waals surface area contributed by atoms with Gasteiger partial charge in [-0.05, 0) is 36.4 Å². The molecule has 2 aromatic carbocycles. The van der Waals surface area contributed by atoms with Crippen LogP contribution in [-0.2, 0) is 16.2 Å². The molecule has 0 saturated carbocycles. The highest BCUT2D eigenvalue weighted by atomic mass is 32.2. The SMILES string of the molecule is O=S(=O)(c1ccc(Nc2ncc(/C=C/c3cc(C(F)(F)F)cc4[nH]nnc34)cn2)cc1)N1CCNCC1. The van der Waals surface area contributed by atoms with Crippen LogP contribution in [0.1, 0.15) is 16.7 Å². The lowest BCUT2D eigenvalue weighted by molar-refractivity contribution is -0.137. The Labute approximate surface area is 209 Å². The molecule has 0 unspecified atom stereocenters. The van der Waals surface area contributed by atoms with Crippen LogP contribution in [0.5, 0.6) is 0 Å². The fraction of sp³-hybridized carbons (Fsp3) is 0.217. The summed E-state index contributed by atoms with van der Waals surface area (Å²) in [5.74, 6) is 0.271. The van der Waals surface area contributed by atoms with Crippen LogP contribution in [0.15, 0.2) is 53.7 Å². The summed E-state index contributed by atoms with van der Waals surface area (Å²) >= 11 is 0. The van der Waals surface area contributed by atoms with Crippen LogP contribution in [-0.4, -0.2) is 64.3 Å². The molecule has 0 radical (unpaired) electrons. The fourth-order valence-corrected chi connectivity index (χ4v) is 5.26. The number of sulfonamides is 1. The number of rotatable bonds is 6. The zero-order chi connectivity index (χ0) is 26.0. The van der Waals surface area contributed by atoms with Crippen molar-refractivity contribution in [2.24, 2.45) is 0 Å². The summed E-state index contributed by atoms with van der Waals surface area (Å²) < 4.78 is 66.6. The number of aromatic amines is 1. The molecule has 10 nitrogen and oxygen atoms in total. The van der Waals surface area contributed by atoms with Crippen LogP contribution in [0.3, 0.4) is 0 Å². The van der Waals surface area contributed by atoms with Gasteiger partial charge in [0.15, 0.2) is 0 Å². The van der Waals surface area contributed by atoms with Gasteiger partial charge in [0.2, 0.25) is 16.0 Å². The maximum absolute atomic E-state index is 13.2. The third-order valence-electron chi connectivity index (χ3n) is 5.74. The molecular formula is C23H21F3N8O2S. The Bertz CT molecular complexity index is 1530. The largest absolute Gasteiger partial charge is 0.416 e. The smallest absolute Gasteiger partial charge is 0.324 e. The highest BCUT2D eigenvalue weighted by Gasteiger charge is 2.31. The average Bonchev–Trinajstić information content (AvgIpc) is 3.38. The number of anilines is 2. The van der Waals surface area contributed by atoms with E-state index < -0.39 is 21.8 Å². The number of benzene rings is 2. The summed E-state index contributed by atoms with van der Waals surface area (Å²) in [6.07, 6.45) is 1.56. The molecule has 14 heteroatoms. The van der Waals surface area contributed by atoms with Gasteiger partial charge in [-0.15, -0.1) is 5.10 Å². The standard InChI is InChI=1S/C23H21F3N8O2S/c24-23(25,26)17-11-16(21-20(12-17)31-33-32-21)2-1-15-13-28-22(29-14-15)30-18-3-5-19(6-4-18)37(35,36)34-9-7-27-8-10-34/h1-6,11-14,27H,7-10H2,(H,28,29,30)(H,31,32,33)/b2-1+. The fourth-order valence-electron chi connectivity index (χ4n) is 3.82. The highest BCUT2D eigenvalue weighted by molar-refractivity contribution is 7.89. The van der Waals surface area contributed by atoms with Crippen LogP contribution < -0.4 is 10.6 Å². The zero-order valence-electron chi connectivity index (χ0n) is 19.2. The lowest BCUT2D eigenvalue weighted by Gasteiger charge is -2.26. The number of nitrogens with one attached hydrogen (secondary N) is 3. The Balaban J connectivity index is 1.28. The Morgan fingerprint density at radius 2 is 1.70 bits per heavy atom. The number of fused-ring (bicyclic) bond motifs is 1. The van der Waals surface area contributed by atoms with Crippen molar-refractivity contribution in [2.45, 2.75) is 11.1 Å². The quantitative estimate of drug-likeness (QED) is 0.347. The van der Waals surface area contributed by atoms with Crippen molar-refractivity contribution in [2.75, 3.05) is 31.5 Å². The van der Waals surface area contributed by atoms with E-state index in [2.05, 4.69) is 36.0 Å². The van der Waals surface area contributed by atoms with Gasteiger partial charge in [0.1, 0.15) is 5.52 Å². The topological polar surface area (TPSA) is 129 Å². The van der Waals surface area contributed by atoms with Crippen molar-refractivity contribution in [1.29, 1.82) is 0 Å². The van der Waals surface area contributed by atoms with E-state index in [1.54, 1.807) is 18.2 Å². The van der Waals surface area contributed by atoms with E-state index in [9.17, 15) is 21.6 Å². The van der Waals surface area contributed by atoms with Gasteiger partial charge in [-0.2, -0.15) is 17.5 Å². The molecule has 4 aromatic rings. The third kappa shape index (κ3) is 5.45. The lowest BCUT2D eigenvalue weighted by Crippen LogP contribution is -2.46. The molecule has 1 aliphatic heterocycles. The molecule has 37 heavy (non-hydrogen) atoms. The molecule has 2 aromatic heterocycles. The van der Waals surface area contributed by atoms with Gasteiger partial charge in [-0.1, -0.05) is 17.4 Å². The first-order chi connectivity index (χ1) is 17.7. The summed E-state index contributed by atoms with van der Waals surface area (Å²) in [5.41, 5.74) is 1.07. The molecule has 1 saturated heterocycles. The van der Waals surface area contributed by atoms with Crippen molar-refractivity contribution < 1.29 is 21.6 Å². The Morgan fingerprint density at radius 3 is 2.38 bits per heavy atom. The van der Waals surface area contributed by atoms with Gasteiger partial charge in [0.25, 0.3) is 0 Å². The van der Waals surface area contributed by atoms with Gasteiger partial charge in [-0.3, -0.25) is 5.10 Å². The molecular weight excluding hydrogens is 509 g/mol. The van der Waals surface area contributed by atoms with E-state index in [1.807, 2.05) is 0 Å². The predicted molar refractivity (Wildman–Crippen MR) is 131 cm³/mol. The monoisotopic (exact) mass is 530 g/mol. The second-order valence-electron chi connectivity index (χ2n) is 8.25. The summed E-state index contributed by atoms with van der Waals surface area (Å²) in [6.45, 7) is 2.08. The first-order valence-electron chi connectivity index (χ1n) is 11.2. The number of aromatic nitrogens is 5. The van der Waals surface area contributed by atoms with Gasteiger partial charge in [0, 0.05) is 55.4 Å². The van der Waals surface area contributed by atoms with Crippen molar-refractivity contribution in [3.8, 4) is 0 Å². The maximum Gasteiger partial charge on any atom is 0.416 e. The molecule has 1 fully saturated rings.